The fraction of sp³-hybridized carbons (Fsp3) is 0.500. The number of likely N-dealkylation sites (tertiary alicyclic amines) is 1. The second-order valence-corrected chi connectivity index (χ2v) is 8.67. The van der Waals surface area contributed by atoms with Gasteiger partial charge in [0.15, 0.2) is 0 Å². The van der Waals surface area contributed by atoms with Crippen LogP contribution < -0.4 is 5.56 Å². The lowest BCUT2D eigenvalue weighted by molar-refractivity contribution is 0.0776. The van der Waals surface area contributed by atoms with Crippen molar-refractivity contribution < 1.29 is 0 Å². The van der Waals surface area contributed by atoms with Crippen LogP contribution in [0.4, 0.5) is 0 Å². The molecule has 1 aliphatic rings. The van der Waals surface area contributed by atoms with Gasteiger partial charge in [0.05, 0.1) is 5.52 Å². The maximum Gasteiger partial charge on any atom is 0.251 e. The van der Waals surface area contributed by atoms with Gasteiger partial charge in [-0.15, -0.1) is 0 Å². The predicted octanol–water partition coefficient (Wildman–Crippen LogP) is 4.48. The number of nitrogens with zero attached hydrogens (tertiary/aromatic N) is 2. The highest BCUT2D eigenvalue weighted by Gasteiger charge is 2.32. The molecule has 0 aliphatic carbocycles. The molecule has 0 amide bonds. The van der Waals surface area contributed by atoms with Crippen LogP contribution in [0, 0.1) is 11.8 Å². The molecule has 0 saturated carbocycles. The predicted molar refractivity (Wildman–Crippen MR) is 104 cm³/mol. The van der Waals surface area contributed by atoms with Crippen molar-refractivity contribution in [1.82, 2.24) is 9.47 Å². The lowest BCUT2D eigenvalue weighted by Gasteiger charge is -2.43. The fourth-order valence-corrected chi connectivity index (χ4v) is 4.12. The summed E-state index contributed by atoms with van der Waals surface area (Å²) in [7, 11) is 0. The number of rotatable bonds is 3. The first-order valence-corrected chi connectivity index (χ1v) is 9.50. The molecule has 0 spiro atoms. The van der Waals surface area contributed by atoms with E-state index in [4.69, 9.17) is 0 Å². The molecule has 2 aromatic rings. The van der Waals surface area contributed by atoms with Crippen molar-refractivity contribution >= 4 is 26.8 Å². The summed E-state index contributed by atoms with van der Waals surface area (Å²) in [5, 5.41) is 1.10. The van der Waals surface area contributed by atoms with Crippen LogP contribution in [0.5, 0.6) is 0 Å². The molecule has 1 aromatic carbocycles. The van der Waals surface area contributed by atoms with Crippen LogP contribution in [-0.2, 0) is 6.54 Å². The number of benzene rings is 1. The largest absolute Gasteiger partial charge is 0.307 e. The van der Waals surface area contributed by atoms with E-state index in [1.165, 1.54) is 0 Å². The molecule has 3 nitrogen and oxygen atoms in total. The van der Waals surface area contributed by atoms with E-state index in [2.05, 4.69) is 54.1 Å². The average Bonchev–Trinajstić information content (AvgIpc) is 2.53. The molecule has 24 heavy (non-hydrogen) atoms. The Balaban J connectivity index is 1.85. The minimum absolute atomic E-state index is 0.0840. The fourth-order valence-electron chi connectivity index (χ4n) is 3.74. The van der Waals surface area contributed by atoms with Crippen LogP contribution in [0.3, 0.4) is 0 Å². The van der Waals surface area contributed by atoms with Crippen LogP contribution >= 0.6 is 15.9 Å². The monoisotopic (exact) mass is 389 g/mol. The lowest BCUT2D eigenvalue weighted by Crippen LogP contribution is -2.48. The number of pyridine rings is 1. The Kier molecular flexibility index (Phi) is 5.16. The van der Waals surface area contributed by atoms with Gasteiger partial charge in [0.1, 0.15) is 0 Å². The highest BCUT2D eigenvalue weighted by atomic mass is 79.9. The van der Waals surface area contributed by atoms with Gasteiger partial charge in [-0.3, -0.25) is 9.69 Å². The quantitative estimate of drug-likeness (QED) is 0.772. The zero-order valence-corrected chi connectivity index (χ0v) is 16.3. The van der Waals surface area contributed by atoms with E-state index in [-0.39, 0.29) is 11.0 Å². The molecule has 1 fully saturated rings. The first kappa shape index (κ1) is 17.7. The number of halogens is 1. The van der Waals surface area contributed by atoms with Gasteiger partial charge >= 0.3 is 0 Å². The Labute approximate surface area is 152 Å². The molecule has 129 valence electrons. The third kappa shape index (κ3) is 3.75. The van der Waals surface area contributed by atoms with Gasteiger partial charge in [0, 0.05) is 29.7 Å². The van der Waals surface area contributed by atoms with Crippen molar-refractivity contribution in [2.75, 3.05) is 13.1 Å². The lowest BCUT2D eigenvalue weighted by atomic mass is 9.80. The molecule has 1 unspecified atom stereocenters. The van der Waals surface area contributed by atoms with E-state index in [9.17, 15) is 4.79 Å². The van der Waals surface area contributed by atoms with Gasteiger partial charge in [-0.2, -0.15) is 0 Å². The molecular weight excluding hydrogens is 364 g/mol. The molecule has 1 atom stereocenters. The third-order valence-electron chi connectivity index (χ3n) is 5.01. The van der Waals surface area contributed by atoms with Crippen molar-refractivity contribution in [3.8, 4) is 0 Å². The summed E-state index contributed by atoms with van der Waals surface area (Å²) in [4.78, 5) is 15.0. The van der Waals surface area contributed by atoms with Gasteiger partial charge in [-0.05, 0) is 60.9 Å². The summed E-state index contributed by atoms with van der Waals surface area (Å²) in [5.41, 5.74) is 1.35. The molecule has 1 saturated heterocycles. The Morgan fingerprint density at radius 1 is 1.17 bits per heavy atom. The van der Waals surface area contributed by atoms with Gasteiger partial charge in [0.25, 0.3) is 5.56 Å². The van der Waals surface area contributed by atoms with Gasteiger partial charge in [-0.1, -0.05) is 36.7 Å². The van der Waals surface area contributed by atoms with Crippen molar-refractivity contribution in [2.24, 2.45) is 5.41 Å². The first-order valence-electron chi connectivity index (χ1n) is 8.71. The van der Waals surface area contributed by atoms with Crippen molar-refractivity contribution in [1.29, 1.82) is 0 Å². The Bertz CT molecular complexity index is 775. The van der Waals surface area contributed by atoms with Crippen molar-refractivity contribution in [3.05, 3.63) is 51.6 Å². The van der Waals surface area contributed by atoms with E-state index in [0.717, 1.165) is 47.9 Å². The summed E-state index contributed by atoms with van der Waals surface area (Å²) in [6.45, 7) is 9.69. The molecule has 1 aliphatic heterocycles. The molecule has 2 heterocycles. The number of piperidine rings is 1. The van der Waals surface area contributed by atoms with Gasteiger partial charge < -0.3 is 4.57 Å². The van der Waals surface area contributed by atoms with Crippen LogP contribution in [0.1, 0.15) is 33.6 Å². The van der Waals surface area contributed by atoms with Crippen molar-refractivity contribution in [2.45, 2.75) is 46.2 Å². The van der Waals surface area contributed by atoms with E-state index in [1.54, 1.807) is 6.07 Å². The third-order valence-corrected chi connectivity index (χ3v) is 5.51. The van der Waals surface area contributed by atoms with E-state index in [0.29, 0.717) is 6.04 Å². The zero-order chi connectivity index (χ0) is 17.3. The maximum absolute atomic E-state index is 12.4. The summed E-state index contributed by atoms with van der Waals surface area (Å²) in [5.74, 6) is 0. The standard InChI is InChI=1S/C20H26BrN2O/c1-20(2,3)18-6-4-5-11-22(18)12-13-23-17-9-8-16(21)14-15(17)7-10-19(23)24/h4,7-10,14,18H,5-6,11-13H2,1-3H3. The summed E-state index contributed by atoms with van der Waals surface area (Å²) in [6, 6.07) is 10.2. The highest BCUT2D eigenvalue weighted by molar-refractivity contribution is 9.10. The average molecular weight is 390 g/mol. The van der Waals surface area contributed by atoms with Gasteiger partial charge in [-0.25, -0.2) is 0 Å². The SMILES string of the molecule is CC(C)(C)C1C[CH]CCN1CCn1c(=O)ccc2cc(Br)ccc21. The number of aromatic nitrogens is 1. The smallest absolute Gasteiger partial charge is 0.251 e. The Morgan fingerprint density at radius 3 is 2.71 bits per heavy atom. The van der Waals surface area contributed by atoms with Crippen LogP contribution in [-0.4, -0.2) is 28.6 Å². The van der Waals surface area contributed by atoms with Crippen LogP contribution in [0.25, 0.3) is 10.9 Å². The second-order valence-electron chi connectivity index (χ2n) is 7.76. The maximum atomic E-state index is 12.4. The highest BCUT2D eigenvalue weighted by Crippen LogP contribution is 2.31. The normalized spacial score (nSPS) is 19.8. The number of hydrogen-bond donors (Lipinski definition) is 0. The Morgan fingerprint density at radius 2 is 1.96 bits per heavy atom. The molecule has 4 heteroatoms. The minimum atomic E-state index is 0.0840. The molecule has 0 bridgehead atoms. The molecule has 0 N–H and O–H groups in total. The van der Waals surface area contributed by atoms with Crippen LogP contribution in [0.2, 0.25) is 0 Å². The Hall–Kier alpha value is -1.13. The van der Waals surface area contributed by atoms with Crippen LogP contribution in [0.15, 0.2) is 39.6 Å². The molecular formula is C20H26BrN2O. The number of hydrogen-bond acceptors (Lipinski definition) is 2. The van der Waals surface area contributed by atoms with E-state index in [1.807, 2.05) is 22.8 Å². The topological polar surface area (TPSA) is 25.2 Å². The number of fused-ring (bicyclic) bond motifs is 1. The minimum Gasteiger partial charge on any atom is -0.307 e. The zero-order valence-electron chi connectivity index (χ0n) is 14.8. The summed E-state index contributed by atoms with van der Waals surface area (Å²) < 4.78 is 2.96. The van der Waals surface area contributed by atoms with E-state index >= 15 is 0 Å². The van der Waals surface area contributed by atoms with Crippen molar-refractivity contribution in [3.63, 3.8) is 0 Å². The molecule has 1 aromatic heterocycles. The summed E-state index contributed by atoms with van der Waals surface area (Å²) in [6.07, 6.45) is 4.69. The van der Waals surface area contributed by atoms with E-state index < -0.39 is 0 Å². The molecule has 3 rings (SSSR count). The first-order chi connectivity index (χ1) is 11.4. The van der Waals surface area contributed by atoms with Gasteiger partial charge in [0.2, 0.25) is 0 Å². The summed E-state index contributed by atoms with van der Waals surface area (Å²) >= 11 is 3.51. The molecule has 1 radical (unpaired) electrons. The second kappa shape index (κ2) is 7.01.